The second kappa shape index (κ2) is 7.62. The smallest absolute Gasteiger partial charge is 0.387 e. The van der Waals surface area contributed by atoms with Crippen molar-refractivity contribution in [2.24, 2.45) is 5.92 Å². The Labute approximate surface area is 124 Å². The summed E-state index contributed by atoms with van der Waals surface area (Å²) in [6.07, 6.45) is 0. The molecule has 1 aromatic carbocycles. The summed E-state index contributed by atoms with van der Waals surface area (Å²) >= 11 is 2.22. The lowest BCUT2D eigenvalue weighted by molar-refractivity contribution is -0.0498. The summed E-state index contributed by atoms with van der Waals surface area (Å²) in [7, 11) is 0. The molecule has 0 aromatic heterocycles. The molecule has 0 fully saturated rings. The first-order valence-electron chi connectivity index (χ1n) is 5.85. The molecule has 19 heavy (non-hydrogen) atoms. The number of amides is 1. The average molecular weight is 383 g/mol. The number of hydrogen-bond acceptors (Lipinski definition) is 2. The average Bonchev–Trinajstić information content (AvgIpc) is 2.35. The number of carbonyl (C=O) groups excluding carboxylic acids is 1. The molecule has 1 amide bonds. The van der Waals surface area contributed by atoms with Crippen LogP contribution in [0.5, 0.6) is 5.75 Å². The molecule has 0 saturated heterocycles. The van der Waals surface area contributed by atoms with Gasteiger partial charge in [-0.15, -0.1) is 0 Å². The molecule has 1 atom stereocenters. The molecule has 1 aromatic rings. The van der Waals surface area contributed by atoms with E-state index in [1.165, 1.54) is 24.3 Å². The number of rotatable bonds is 6. The van der Waals surface area contributed by atoms with Crippen molar-refractivity contribution >= 4 is 28.5 Å². The van der Waals surface area contributed by atoms with E-state index in [0.29, 0.717) is 11.5 Å². The fourth-order valence-electron chi connectivity index (χ4n) is 1.42. The van der Waals surface area contributed by atoms with Crippen LogP contribution in [-0.2, 0) is 0 Å². The quantitative estimate of drug-likeness (QED) is 0.604. The van der Waals surface area contributed by atoms with Gasteiger partial charge in [-0.1, -0.05) is 36.4 Å². The molecular formula is C13H16F2INO2. The lowest BCUT2D eigenvalue weighted by Crippen LogP contribution is -2.39. The summed E-state index contributed by atoms with van der Waals surface area (Å²) < 4.78 is 29.0. The van der Waals surface area contributed by atoms with Crippen molar-refractivity contribution in [3.05, 3.63) is 29.8 Å². The van der Waals surface area contributed by atoms with Crippen LogP contribution in [0.3, 0.4) is 0 Å². The van der Waals surface area contributed by atoms with Crippen LogP contribution in [-0.4, -0.2) is 23.0 Å². The van der Waals surface area contributed by atoms with Crippen LogP contribution in [0.4, 0.5) is 8.78 Å². The molecule has 0 bridgehead atoms. The van der Waals surface area contributed by atoms with E-state index in [2.05, 4.69) is 32.6 Å². The largest absolute Gasteiger partial charge is 0.435 e. The minimum atomic E-state index is -2.86. The standard InChI is InChI=1S/C13H16F2INO2/c1-8(2)11(7-16)17-12(18)9-3-5-10(6-4-9)19-13(14)15/h3-6,8,11,13H,7H2,1-2H3,(H,17,18). The fourth-order valence-corrected chi connectivity index (χ4v) is 2.66. The number of alkyl halides is 3. The van der Waals surface area contributed by atoms with Gasteiger partial charge < -0.3 is 10.1 Å². The van der Waals surface area contributed by atoms with E-state index in [1.807, 2.05) is 13.8 Å². The van der Waals surface area contributed by atoms with Gasteiger partial charge >= 0.3 is 6.61 Å². The summed E-state index contributed by atoms with van der Waals surface area (Å²) in [6, 6.07) is 5.74. The van der Waals surface area contributed by atoms with Crippen molar-refractivity contribution in [1.29, 1.82) is 0 Å². The van der Waals surface area contributed by atoms with Gasteiger partial charge in [0.05, 0.1) is 0 Å². The SMILES string of the molecule is CC(C)C(CI)NC(=O)c1ccc(OC(F)F)cc1. The van der Waals surface area contributed by atoms with Crippen LogP contribution < -0.4 is 10.1 Å². The van der Waals surface area contributed by atoms with Gasteiger partial charge in [-0.05, 0) is 30.2 Å². The first kappa shape index (κ1) is 16.1. The molecule has 0 spiro atoms. The Bertz CT molecular complexity index is 410. The molecule has 1 unspecified atom stereocenters. The van der Waals surface area contributed by atoms with Crippen molar-refractivity contribution in [1.82, 2.24) is 5.32 Å². The Hall–Kier alpha value is -0.920. The van der Waals surface area contributed by atoms with Crippen molar-refractivity contribution in [3.63, 3.8) is 0 Å². The number of ether oxygens (including phenoxy) is 1. The van der Waals surface area contributed by atoms with Crippen molar-refractivity contribution < 1.29 is 18.3 Å². The van der Waals surface area contributed by atoms with Crippen LogP contribution in [0.25, 0.3) is 0 Å². The van der Waals surface area contributed by atoms with Crippen LogP contribution in [0, 0.1) is 5.92 Å². The van der Waals surface area contributed by atoms with Gasteiger partial charge in [-0.25, -0.2) is 0 Å². The van der Waals surface area contributed by atoms with Gasteiger partial charge in [0.1, 0.15) is 5.75 Å². The number of hydrogen-bond donors (Lipinski definition) is 1. The first-order valence-corrected chi connectivity index (χ1v) is 7.38. The fraction of sp³-hybridized carbons (Fsp3) is 0.462. The second-order valence-corrected chi connectivity index (χ2v) is 5.26. The lowest BCUT2D eigenvalue weighted by Gasteiger charge is -2.20. The Morgan fingerprint density at radius 3 is 2.32 bits per heavy atom. The molecule has 0 radical (unpaired) electrons. The van der Waals surface area contributed by atoms with E-state index in [9.17, 15) is 13.6 Å². The molecule has 0 aliphatic carbocycles. The summed E-state index contributed by atoms with van der Waals surface area (Å²) in [5.41, 5.74) is 0.428. The highest BCUT2D eigenvalue weighted by Gasteiger charge is 2.16. The maximum absolute atomic E-state index is 12.0. The van der Waals surface area contributed by atoms with E-state index in [0.717, 1.165) is 4.43 Å². The minimum Gasteiger partial charge on any atom is -0.435 e. The Kier molecular flexibility index (Phi) is 6.47. The number of nitrogens with one attached hydrogen (secondary N) is 1. The Morgan fingerprint density at radius 2 is 1.89 bits per heavy atom. The van der Waals surface area contributed by atoms with E-state index in [4.69, 9.17) is 0 Å². The number of carbonyl (C=O) groups is 1. The topological polar surface area (TPSA) is 38.3 Å². The third-order valence-corrected chi connectivity index (χ3v) is 3.58. The highest BCUT2D eigenvalue weighted by molar-refractivity contribution is 14.1. The normalized spacial score (nSPS) is 12.6. The molecule has 0 aliphatic heterocycles. The van der Waals surface area contributed by atoms with Gasteiger partial charge in [0, 0.05) is 16.0 Å². The van der Waals surface area contributed by atoms with Crippen molar-refractivity contribution in [3.8, 4) is 5.75 Å². The van der Waals surface area contributed by atoms with Gasteiger partial charge in [0.2, 0.25) is 0 Å². The van der Waals surface area contributed by atoms with Crippen LogP contribution >= 0.6 is 22.6 Å². The molecule has 1 rings (SSSR count). The highest BCUT2D eigenvalue weighted by Crippen LogP contribution is 2.15. The predicted molar refractivity (Wildman–Crippen MR) is 78.1 cm³/mol. The Morgan fingerprint density at radius 1 is 1.32 bits per heavy atom. The molecular weight excluding hydrogens is 367 g/mol. The Balaban J connectivity index is 2.67. The zero-order valence-corrected chi connectivity index (χ0v) is 12.9. The van der Waals surface area contributed by atoms with Crippen LogP contribution in [0.15, 0.2) is 24.3 Å². The minimum absolute atomic E-state index is 0.0425. The molecule has 106 valence electrons. The summed E-state index contributed by atoms with van der Waals surface area (Å²) in [6.45, 7) is 1.20. The monoisotopic (exact) mass is 383 g/mol. The molecule has 0 saturated carbocycles. The van der Waals surface area contributed by atoms with E-state index < -0.39 is 6.61 Å². The van der Waals surface area contributed by atoms with E-state index in [1.54, 1.807) is 0 Å². The van der Waals surface area contributed by atoms with Gasteiger partial charge in [-0.2, -0.15) is 8.78 Å². The third-order valence-electron chi connectivity index (χ3n) is 2.63. The molecule has 6 heteroatoms. The summed E-state index contributed by atoms with van der Waals surface area (Å²) in [5.74, 6) is 0.169. The zero-order chi connectivity index (χ0) is 14.4. The molecule has 1 N–H and O–H groups in total. The maximum atomic E-state index is 12.0. The second-order valence-electron chi connectivity index (χ2n) is 4.38. The third kappa shape index (κ3) is 5.30. The molecule has 0 aliphatic rings. The summed E-state index contributed by atoms with van der Waals surface area (Å²) in [4.78, 5) is 11.9. The zero-order valence-electron chi connectivity index (χ0n) is 10.7. The lowest BCUT2D eigenvalue weighted by atomic mass is 10.1. The van der Waals surface area contributed by atoms with E-state index >= 15 is 0 Å². The number of halogens is 3. The molecule has 3 nitrogen and oxygen atoms in total. The predicted octanol–water partition coefficient (Wildman–Crippen LogP) is 3.48. The van der Waals surface area contributed by atoms with Crippen LogP contribution in [0.1, 0.15) is 24.2 Å². The molecule has 0 heterocycles. The van der Waals surface area contributed by atoms with Gasteiger partial charge in [-0.3, -0.25) is 4.79 Å². The van der Waals surface area contributed by atoms with Crippen LogP contribution in [0.2, 0.25) is 0 Å². The van der Waals surface area contributed by atoms with Crippen molar-refractivity contribution in [2.75, 3.05) is 4.43 Å². The highest BCUT2D eigenvalue weighted by atomic mass is 127. The van der Waals surface area contributed by atoms with Crippen molar-refractivity contribution in [2.45, 2.75) is 26.5 Å². The van der Waals surface area contributed by atoms with E-state index in [-0.39, 0.29) is 17.7 Å². The summed E-state index contributed by atoms with van der Waals surface area (Å²) in [5, 5.41) is 2.91. The number of benzene rings is 1. The van der Waals surface area contributed by atoms with Gasteiger partial charge in [0.25, 0.3) is 5.91 Å². The first-order chi connectivity index (χ1) is 8.93. The maximum Gasteiger partial charge on any atom is 0.387 e. The van der Waals surface area contributed by atoms with Gasteiger partial charge in [0.15, 0.2) is 0 Å².